The summed E-state index contributed by atoms with van der Waals surface area (Å²) in [5, 5.41) is 9.70. The molecule has 0 amide bonds. The summed E-state index contributed by atoms with van der Waals surface area (Å²) >= 11 is 0. The predicted molar refractivity (Wildman–Crippen MR) is 116 cm³/mol. The number of carbonyl (C=O) groups excluding carboxylic acids is 1. The van der Waals surface area contributed by atoms with Gasteiger partial charge in [-0.25, -0.2) is 0 Å². The molecule has 0 aromatic carbocycles. The molecule has 0 heterocycles. The molecule has 0 radical (unpaired) electrons. The molecule has 1 N–H and O–H groups in total. The van der Waals surface area contributed by atoms with Gasteiger partial charge in [0.15, 0.2) is 0 Å². The highest BCUT2D eigenvalue weighted by molar-refractivity contribution is 5.69. The van der Waals surface area contributed by atoms with Crippen LogP contribution in [-0.2, 0) is 9.53 Å². The lowest BCUT2D eigenvalue weighted by Gasteiger charge is -2.61. The molecule has 166 valence electrons. The molecule has 3 heteroatoms. The predicted octanol–water partition coefficient (Wildman–Crippen LogP) is 5.84. The summed E-state index contributed by atoms with van der Waals surface area (Å²) in [6.45, 7) is 8.02. The lowest BCUT2D eigenvalue weighted by atomic mass is 9.44. The van der Waals surface area contributed by atoms with Gasteiger partial charge in [-0.3, -0.25) is 4.79 Å². The average molecular weight is 405 g/mol. The molecule has 3 nitrogen and oxygen atoms in total. The first-order valence-electron chi connectivity index (χ1n) is 12.5. The Morgan fingerprint density at radius 3 is 2.48 bits per heavy atom. The van der Waals surface area contributed by atoms with Crippen molar-refractivity contribution in [1.29, 1.82) is 0 Å². The van der Waals surface area contributed by atoms with Crippen LogP contribution in [0.1, 0.15) is 91.4 Å². The fourth-order valence-corrected chi connectivity index (χ4v) is 9.14. The van der Waals surface area contributed by atoms with Crippen LogP contribution < -0.4 is 0 Å². The minimum Gasteiger partial charge on any atom is -0.469 e. The Labute approximate surface area is 178 Å². The van der Waals surface area contributed by atoms with Gasteiger partial charge in [0.25, 0.3) is 0 Å². The van der Waals surface area contributed by atoms with Crippen molar-refractivity contribution in [2.45, 2.75) is 91.4 Å². The third-order valence-corrected chi connectivity index (χ3v) is 10.8. The second kappa shape index (κ2) is 8.17. The SMILES string of the molecule is COC(=O)CCC(C)C1CCC2C3CCC4CC(CO)CCC4(C)C3CCC12C. The Morgan fingerprint density at radius 2 is 1.76 bits per heavy atom. The van der Waals surface area contributed by atoms with Crippen molar-refractivity contribution in [1.82, 2.24) is 0 Å². The number of ether oxygens (including phenoxy) is 1. The van der Waals surface area contributed by atoms with Crippen LogP contribution in [0.4, 0.5) is 0 Å². The van der Waals surface area contributed by atoms with Crippen molar-refractivity contribution in [3.05, 3.63) is 0 Å². The number of esters is 1. The molecule has 4 fully saturated rings. The number of carbonyl (C=O) groups is 1. The second-order valence-electron chi connectivity index (χ2n) is 11.8. The topological polar surface area (TPSA) is 46.5 Å². The normalized spacial score (nSPS) is 47.6. The maximum Gasteiger partial charge on any atom is 0.305 e. The van der Waals surface area contributed by atoms with Crippen LogP contribution in [0.5, 0.6) is 0 Å². The molecular weight excluding hydrogens is 360 g/mol. The van der Waals surface area contributed by atoms with Crippen LogP contribution in [-0.4, -0.2) is 24.8 Å². The van der Waals surface area contributed by atoms with Crippen molar-refractivity contribution in [2.24, 2.45) is 52.3 Å². The van der Waals surface area contributed by atoms with Gasteiger partial charge in [0.05, 0.1) is 7.11 Å². The highest BCUT2D eigenvalue weighted by Gasteiger charge is 2.60. The van der Waals surface area contributed by atoms with E-state index in [1.54, 1.807) is 0 Å². The van der Waals surface area contributed by atoms with Gasteiger partial charge in [-0.05, 0) is 116 Å². The quantitative estimate of drug-likeness (QED) is 0.585. The van der Waals surface area contributed by atoms with E-state index in [1.807, 2.05) is 0 Å². The number of fused-ring (bicyclic) bond motifs is 5. The minimum atomic E-state index is -0.0509. The van der Waals surface area contributed by atoms with E-state index in [9.17, 15) is 9.90 Å². The van der Waals surface area contributed by atoms with Gasteiger partial charge in [0.1, 0.15) is 0 Å². The van der Waals surface area contributed by atoms with Crippen LogP contribution in [0.2, 0.25) is 0 Å². The van der Waals surface area contributed by atoms with Gasteiger partial charge in [-0.15, -0.1) is 0 Å². The van der Waals surface area contributed by atoms with E-state index < -0.39 is 0 Å². The molecule has 9 atom stereocenters. The Bertz CT molecular complexity index is 603. The Kier molecular flexibility index (Phi) is 6.10. The molecule has 0 aromatic rings. The molecule has 4 saturated carbocycles. The Morgan fingerprint density at radius 1 is 1.03 bits per heavy atom. The van der Waals surface area contributed by atoms with Gasteiger partial charge in [-0.1, -0.05) is 20.8 Å². The lowest BCUT2D eigenvalue weighted by Crippen LogP contribution is -2.53. The molecule has 4 aliphatic rings. The number of methoxy groups -OCH3 is 1. The van der Waals surface area contributed by atoms with Crippen molar-refractivity contribution in [3.8, 4) is 0 Å². The summed E-state index contributed by atoms with van der Waals surface area (Å²) in [5.41, 5.74) is 0.993. The van der Waals surface area contributed by atoms with Gasteiger partial charge < -0.3 is 9.84 Å². The third-order valence-electron chi connectivity index (χ3n) is 10.8. The van der Waals surface area contributed by atoms with Gasteiger partial charge >= 0.3 is 5.97 Å². The third kappa shape index (κ3) is 3.58. The van der Waals surface area contributed by atoms with E-state index in [1.165, 1.54) is 64.9 Å². The van der Waals surface area contributed by atoms with Crippen LogP contribution in [0, 0.1) is 52.3 Å². The Hall–Kier alpha value is -0.570. The molecule has 0 bridgehead atoms. The lowest BCUT2D eigenvalue weighted by molar-refractivity contribution is -0.141. The molecule has 29 heavy (non-hydrogen) atoms. The second-order valence-corrected chi connectivity index (χ2v) is 11.8. The van der Waals surface area contributed by atoms with Crippen LogP contribution in [0.25, 0.3) is 0 Å². The monoisotopic (exact) mass is 404 g/mol. The fourth-order valence-electron chi connectivity index (χ4n) is 9.14. The maximum absolute atomic E-state index is 11.7. The maximum atomic E-state index is 11.7. The zero-order valence-electron chi connectivity index (χ0n) is 19.3. The van der Waals surface area contributed by atoms with E-state index in [2.05, 4.69) is 20.8 Å². The highest BCUT2D eigenvalue weighted by Crippen LogP contribution is 2.68. The van der Waals surface area contributed by atoms with Crippen molar-refractivity contribution in [3.63, 3.8) is 0 Å². The fraction of sp³-hybridized carbons (Fsp3) is 0.962. The smallest absolute Gasteiger partial charge is 0.305 e. The van der Waals surface area contributed by atoms with E-state index in [4.69, 9.17) is 4.74 Å². The average Bonchev–Trinajstić information content (AvgIpc) is 3.08. The van der Waals surface area contributed by atoms with Crippen LogP contribution in [0.3, 0.4) is 0 Å². The summed E-state index contributed by atoms with van der Waals surface area (Å²) in [6.07, 6.45) is 13.8. The summed E-state index contributed by atoms with van der Waals surface area (Å²) in [7, 11) is 1.51. The standard InChI is InChI=1S/C26H44O3/c1-17(5-10-24(28)29-4)21-8-9-22-20-7-6-19-15-18(16-27)11-13-25(19,2)23(20)12-14-26(21,22)3/h17-23,27H,5-16H2,1-4H3. The van der Waals surface area contributed by atoms with Gasteiger partial charge in [0, 0.05) is 13.0 Å². The molecule has 0 saturated heterocycles. The number of rotatable bonds is 5. The summed E-state index contributed by atoms with van der Waals surface area (Å²) in [4.78, 5) is 11.7. The molecule has 9 unspecified atom stereocenters. The molecule has 4 aliphatic carbocycles. The highest BCUT2D eigenvalue weighted by atomic mass is 16.5. The van der Waals surface area contributed by atoms with E-state index >= 15 is 0 Å². The van der Waals surface area contributed by atoms with Crippen molar-refractivity contribution in [2.75, 3.05) is 13.7 Å². The molecule has 0 spiro atoms. The molecule has 0 aliphatic heterocycles. The van der Waals surface area contributed by atoms with E-state index in [0.29, 0.717) is 35.7 Å². The molecule has 4 rings (SSSR count). The largest absolute Gasteiger partial charge is 0.469 e. The first kappa shape index (κ1) is 21.7. The Balaban J connectivity index is 1.47. The number of aliphatic hydroxyl groups is 1. The first-order chi connectivity index (χ1) is 13.8. The number of aliphatic hydroxyl groups excluding tert-OH is 1. The van der Waals surface area contributed by atoms with E-state index in [-0.39, 0.29) is 5.97 Å². The molecular formula is C26H44O3. The van der Waals surface area contributed by atoms with Gasteiger partial charge in [0.2, 0.25) is 0 Å². The van der Waals surface area contributed by atoms with Crippen LogP contribution >= 0.6 is 0 Å². The van der Waals surface area contributed by atoms with Crippen LogP contribution in [0.15, 0.2) is 0 Å². The number of hydrogen-bond acceptors (Lipinski definition) is 3. The zero-order chi connectivity index (χ0) is 20.8. The van der Waals surface area contributed by atoms with Crippen molar-refractivity contribution >= 4 is 5.97 Å². The zero-order valence-corrected chi connectivity index (χ0v) is 19.3. The minimum absolute atomic E-state index is 0.0509. The first-order valence-corrected chi connectivity index (χ1v) is 12.5. The summed E-state index contributed by atoms with van der Waals surface area (Å²) < 4.78 is 4.89. The number of hydrogen-bond donors (Lipinski definition) is 1. The summed E-state index contributed by atoms with van der Waals surface area (Å²) in [6, 6.07) is 0. The van der Waals surface area contributed by atoms with E-state index in [0.717, 1.165) is 36.0 Å². The van der Waals surface area contributed by atoms with Crippen molar-refractivity contribution < 1.29 is 14.6 Å². The molecule has 0 aromatic heterocycles. The summed E-state index contributed by atoms with van der Waals surface area (Å²) in [5.74, 6) is 5.45. The van der Waals surface area contributed by atoms with Gasteiger partial charge in [-0.2, -0.15) is 0 Å².